The molecule has 0 heterocycles. The van der Waals surface area contributed by atoms with E-state index in [2.05, 4.69) is 6.07 Å². The fraction of sp³-hybridized carbons (Fsp3) is 0.600. The summed E-state index contributed by atoms with van der Waals surface area (Å²) in [6, 6.07) is 4.08. The van der Waals surface area contributed by atoms with E-state index < -0.39 is 0 Å². The molecule has 1 aliphatic rings. The molecule has 0 aliphatic heterocycles. The summed E-state index contributed by atoms with van der Waals surface area (Å²) in [5.74, 6) is 1.73. The Hall–Kier alpha value is -1.26. The van der Waals surface area contributed by atoms with Gasteiger partial charge < -0.3 is 19.9 Å². The summed E-state index contributed by atoms with van der Waals surface area (Å²) in [5.41, 5.74) is 8.22. The van der Waals surface area contributed by atoms with Gasteiger partial charge in [-0.1, -0.05) is 6.42 Å². The number of hydrogen-bond acceptors (Lipinski definition) is 4. The van der Waals surface area contributed by atoms with Crippen LogP contribution in [-0.4, -0.2) is 27.9 Å². The molecule has 106 valence electrons. The Morgan fingerprint density at radius 3 is 2.21 bits per heavy atom. The Morgan fingerprint density at radius 1 is 1.11 bits per heavy atom. The first-order valence-corrected chi connectivity index (χ1v) is 6.65. The molecule has 1 saturated carbocycles. The van der Waals surface area contributed by atoms with Gasteiger partial charge in [0.15, 0.2) is 0 Å². The van der Waals surface area contributed by atoms with E-state index >= 15 is 0 Å². The molecule has 0 unspecified atom stereocenters. The van der Waals surface area contributed by atoms with Crippen LogP contribution in [0.4, 0.5) is 0 Å². The molecule has 1 fully saturated rings. The zero-order valence-electron chi connectivity index (χ0n) is 12.0. The predicted octanol–water partition coefficient (Wildman–Crippen LogP) is 2.23. The highest BCUT2D eigenvalue weighted by Gasteiger charge is 2.40. The number of rotatable bonds is 6. The van der Waals surface area contributed by atoms with Crippen molar-refractivity contribution >= 4 is 0 Å². The Kier molecular flexibility index (Phi) is 4.32. The fourth-order valence-electron chi connectivity index (χ4n) is 2.83. The van der Waals surface area contributed by atoms with Crippen molar-refractivity contribution in [2.24, 2.45) is 5.73 Å². The van der Waals surface area contributed by atoms with Gasteiger partial charge in [-0.05, 0) is 25.0 Å². The summed E-state index contributed by atoms with van der Waals surface area (Å²) in [4.78, 5) is 0. The molecule has 0 bridgehead atoms. The van der Waals surface area contributed by atoms with Crippen LogP contribution < -0.4 is 15.2 Å². The molecule has 19 heavy (non-hydrogen) atoms. The Balaban J connectivity index is 2.47. The third-order valence-electron chi connectivity index (χ3n) is 4.18. The largest absolute Gasteiger partial charge is 0.496 e. The van der Waals surface area contributed by atoms with E-state index in [1.54, 1.807) is 21.3 Å². The number of ether oxygens (including phenoxy) is 3. The highest BCUT2D eigenvalue weighted by molar-refractivity contribution is 5.50. The lowest BCUT2D eigenvalue weighted by molar-refractivity contribution is 0.180. The lowest BCUT2D eigenvalue weighted by atomic mass is 9.64. The van der Waals surface area contributed by atoms with Gasteiger partial charge in [0.2, 0.25) is 0 Å². The summed E-state index contributed by atoms with van der Waals surface area (Å²) in [6.45, 7) is 1.16. The summed E-state index contributed by atoms with van der Waals surface area (Å²) < 4.78 is 16.2. The molecule has 0 saturated heterocycles. The Bertz CT molecular complexity index is 436. The molecule has 2 rings (SSSR count). The summed E-state index contributed by atoms with van der Waals surface area (Å²) in [6.07, 6.45) is 3.46. The van der Waals surface area contributed by atoms with Crippen molar-refractivity contribution in [3.63, 3.8) is 0 Å². The maximum absolute atomic E-state index is 5.99. The minimum absolute atomic E-state index is 0.0597. The first-order valence-electron chi connectivity index (χ1n) is 6.65. The van der Waals surface area contributed by atoms with E-state index in [4.69, 9.17) is 19.9 Å². The number of methoxy groups -OCH3 is 3. The van der Waals surface area contributed by atoms with Gasteiger partial charge in [-0.25, -0.2) is 0 Å². The average molecular weight is 265 g/mol. The quantitative estimate of drug-likeness (QED) is 0.857. The maximum Gasteiger partial charge on any atom is 0.124 e. The minimum atomic E-state index is 0.0597. The van der Waals surface area contributed by atoms with Crippen molar-refractivity contribution in [1.29, 1.82) is 0 Å². The van der Waals surface area contributed by atoms with E-state index in [1.165, 1.54) is 12.0 Å². The standard InChI is InChI=1S/C15H23NO3/c1-17-9-11-7-14(19-3)12(8-13(11)18-2)15(10-16)5-4-6-15/h7-8H,4-6,9-10,16H2,1-3H3. The SMILES string of the molecule is COCc1cc(OC)c(C2(CN)CCC2)cc1OC. The average Bonchev–Trinajstić information content (AvgIpc) is 2.39. The van der Waals surface area contributed by atoms with Crippen LogP contribution in [0.5, 0.6) is 11.5 Å². The van der Waals surface area contributed by atoms with Gasteiger partial charge >= 0.3 is 0 Å². The fourth-order valence-corrected chi connectivity index (χ4v) is 2.83. The molecule has 1 aromatic carbocycles. The summed E-state index contributed by atoms with van der Waals surface area (Å²) in [7, 11) is 5.05. The number of benzene rings is 1. The lowest BCUT2D eigenvalue weighted by Gasteiger charge is -2.42. The molecule has 4 nitrogen and oxygen atoms in total. The zero-order chi connectivity index (χ0) is 13.9. The van der Waals surface area contributed by atoms with Crippen LogP contribution in [-0.2, 0) is 16.8 Å². The van der Waals surface area contributed by atoms with Gasteiger partial charge in [0.1, 0.15) is 11.5 Å². The van der Waals surface area contributed by atoms with Crippen LogP contribution in [0.1, 0.15) is 30.4 Å². The first kappa shape index (κ1) is 14.2. The van der Waals surface area contributed by atoms with E-state index in [0.717, 1.165) is 29.9 Å². The van der Waals surface area contributed by atoms with Crippen LogP contribution in [0.2, 0.25) is 0 Å². The monoisotopic (exact) mass is 265 g/mol. The molecule has 0 radical (unpaired) electrons. The number of nitrogens with two attached hydrogens (primary N) is 1. The molecular formula is C15H23NO3. The van der Waals surface area contributed by atoms with Crippen LogP contribution in [0.3, 0.4) is 0 Å². The second-order valence-electron chi connectivity index (χ2n) is 5.14. The van der Waals surface area contributed by atoms with Crippen molar-refractivity contribution in [2.75, 3.05) is 27.9 Å². The van der Waals surface area contributed by atoms with Crippen molar-refractivity contribution in [3.8, 4) is 11.5 Å². The van der Waals surface area contributed by atoms with Gasteiger partial charge in [-0.2, -0.15) is 0 Å². The van der Waals surface area contributed by atoms with E-state index in [9.17, 15) is 0 Å². The van der Waals surface area contributed by atoms with E-state index in [0.29, 0.717) is 13.2 Å². The van der Waals surface area contributed by atoms with Crippen molar-refractivity contribution in [2.45, 2.75) is 31.3 Å². The zero-order valence-corrected chi connectivity index (χ0v) is 12.0. The smallest absolute Gasteiger partial charge is 0.124 e. The van der Waals surface area contributed by atoms with Crippen molar-refractivity contribution in [3.05, 3.63) is 23.3 Å². The molecule has 0 atom stereocenters. The highest BCUT2D eigenvalue weighted by atomic mass is 16.5. The Morgan fingerprint density at radius 2 is 1.79 bits per heavy atom. The first-order chi connectivity index (χ1) is 9.20. The van der Waals surface area contributed by atoms with Crippen LogP contribution in [0.25, 0.3) is 0 Å². The van der Waals surface area contributed by atoms with Gasteiger partial charge in [0.25, 0.3) is 0 Å². The minimum Gasteiger partial charge on any atom is -0.496 e. The molecule has 4 heteroatoms. The third kappa shape index (κ3) is 2.42. The normalized spacial score (nSPS) is 16.8. The number of hydrogen-bond donors (Lipinski definition) is 1. The van der Waals surface area contributed by atoms with Gasteiger partial charge in [-0.15, -0.1) is 0 Å². The topological polar surface area (TPSA) is 53.7 Å². The van der Waals surface area contributed by atoms with Crippen molar-refractivity contribution in [1.82, 2.24) is 0 Å². The van der Waals surface area contributed by atoms with E-state index in [1.807, 2.05) is 6.07 Å². The highest BCUT2D eigenvalue weighted by Crippen LogP contribution is 2.48. The molecular weight excluding hydrogens is 242 g/mol. The molecule has 2 N–H and O–H groups in total. The third-order valence-corrected chi connectivity index (χ3v) is 4.18. The molecule has 0 amide bonds. The molecule has 0 aromatic heterocycles. The van der Waals surface area contributed by atoms with Crippen LogP contribution >= 0.6 is 0 Å². The van der Waals surface area contributed by atoms with Crippen LogP contribution in [0.15, 0.2) is 12.1 Å². The second-order valence-corrected chi connectivity index (χ2v) is 5.14. The summed E-state index contributed by atoms with van der Waals surface area (Å²) >= 11 is 0. The lowest BCUT2D eigenvalue weighted by Crippen LogP contribution is -2.41. The van der Waals surface area contributed by atoms with E-state index in [-0.39, 0.29) is 5.41 Å². The van der Waals surface area contributed by atoms with Crippen LogP contribution in [0, 0.1) is 0 Å². The van der Waals surface area contributed by atoms with Crippen molar-refractivity contribution < 1.29 is 14.2 Å². The van der Waals surface area contributed by atoms with Gasteiger partial charge in [0, 0.05) is 30.2 Å². The summed E-state index contributed by atoms with van der Waals surface area (Å²) in [5, 5.41) is 0. The molecule has 1 aromatic rings. The van der Waals surface area contributed by atoms with Gasteiger partial charge in [-0.3, -0.25) is 0 Å². The maximum atomic E-state index is 5.99. The molecule has 1 aliphatic carbocycles. The second kappa shape index (κ2) is 5.80. The van der Waals surface area contributed by atoms with Gasteiger partial charge in [0.05, 0.1) is 20.8 Å². The molecule has 0 spiro atoms. The Labute approximate surface area is 114 Å². The predicted molar refractivity (Wildman–Crippen MR) is 74.8 cm³/mol.